The van der Waals surface area contributed by atoms with Gasteiger partial charge in [0.1, 0.15) is 11.3 Å². The monoisotopic (exact) mass is 360 g/mol. The summed E-state index contributed by atoms with van der Waals surface area (Å²) in [6.45, 7) is 2.22. The Morgan fingerprint density at radius 3 is 2.89 bits per heavy atom. The van der Waals surface area contributed by atoms with Crippen molar-refractivity contribution in [2.75, 3.05) is 18.5 Å². The molecule has 1 aromatic carbocycles. The number of aromatic nitrogens is 5. The van der Waals surface area contributed by atoms with Crippen molar-refractivity contribution in [2.45, 2.75) is 25.4 Å². The van der Waals surface area contributed by atoms with Crippen molar-refractivity contribution in [1.82, 2.24) is 25.0 Å². The van der Waals surface area contributed by atoms with Gasteiger partial charge in [-0.05, 0) is 48.7 Å². The van der Waals surface area contributed by atoms with E-state index in [9.17, 15) is 0 Å². The minimum Gasteiger partial charge on any atom is -0.381 e. The first-order valence-electron chi connectivity index (χ1n) is 9.23. The smallest absolute Gasteiger partial charge is 0.180 e. The first-order valence-corrected chi connectivity index (χ1v) is 9.23. The number of hydrogen-bond donors (Lipinski definition) is 1. The molecule has 0 atom stereocenters. The van der Waals surface area contributed by atoms with Crippen molar-refractivity contribution in [3.05, 3.63) is 54.2 Å². The van der Waals surface area contributed by atoms with Crippen molar-refractivity contribution in [2.24, 2.45) is 0 Å². The number of benzene rings is 1. The molecule has 0 aliphatic carbocycles. The second kappa shape index (κ2) is 6.92. The molecule has 0 unspecified atom stereocenters. The number of nitrogens with zero attached hydrogens (tertiary/aromatic N) is 5. The quantitative estimate of drug-likeness (QED) is 0.603. The first-order chi connectivity index (χ1) is 13.3. The predicted octanol–water partition coefficient (Wildman–Crippen LogP) is 3.01. The Morgan fingerprint density at radius 2 is 1.96 bits per heavy atom. The molecule has 1 fully saturated rings. The van der Waals surface area contributed by atoms with Gasteiger partial charge in [0.15, 0.2) is 5.65 Å². The van der Waals surface area contributed by atoms with Crippen molar-refractivity contribution < 1.29 is 4.74 Å². The van der Waals surface area contributed by atoms with Crippen LogP contribution in [-0.2, 0) is 11.3 Å². The molecule has 5 rings (SSSR count). The average Bonchev–Trinajstić information content (AvgIpc) is 3.11. The van der Waals surface area contributed by atoms with Gasteiger partial charge in [-0.1, -0.05) is 17.3 Å². The van der Waals surface area contributed by atoms with Crippen molar-refractivity contribution in [3.8, 4) is 0 Å². The molecule has 27 heavy (non-hydrogen) atoms. The lowest BCUT2D eigenvalue weighted by atomic mass is 10.1. The van der Waals surface area contributed by atoms with Gasteiger partial charge in [-0.2, -0.15) is 0 Å². The second-order valence-corrected chi connectivity index (χ2v) is 6.85. The highest BCUT2D eigenvalue weighted by molar-refractivity contribution is 5.79. The van der Waals surface area contributed by atoms with E-state index in [1.54, 1.807) is 0 Å². The lowest BCUT2D eigenvalue weighted by Crippen LogP contribution is -2.28. The van der Waals surface area contributed by atoms with E-state index in [1.165, 1.54) is 0 Å². The highest BCUT2D eigenvalue weighted by Crippen LogP contribution is 2.19. The van der Waals surface area contributed by atoms with Gasteiger partial charge in [-0.25, -0.2) is 9.67 Å². The fraction of sp³-hybridized carbons (Fsp3) is 0.300. The second-order valence-electron chi connectivity index (χ2n) is 6.85. The molecule has 1 saturated heterocycles. The van der Waals surface area contributed by atoms with Gasteiger partial charge >= 0.3 is 0 Å². The molecule has 0 bridgehead atoms. The minimum absolute atomic E-state index is 0.404. The standard InChI is InChI=1S/C20H20N6O/c1-2-15-12-14(3-4-17(15)21-9-1)13-26-20-18(24-25-26)5-6-19(23-20)22-16-7-10-27-11-8-16/h1-6,9,12,16H,7-8,10-11,13H2,(H,22,23). The Kier molecular flexibility index (Phi) is 4.14. The molecule has 136 valence electrons. The number of fused-ring (bicyclic) bond motifs is 2. The van der Waals surface area contributed by atoms with E-state index < -0.39 is 0 Å². The Balaban J connectivity index is 1.42. The summed E-state index contributed by atoms with van der Waals surface area (Å²) >= 11 is 0. The summed E-state index contributed by atoms with van der Waals surface area (Å²) in [7, 11) is 0. The van der Waals surface area contributed by atoms with Crippen LogP contribution >= 0.6 is 0 Å². The summed E-state index contributed by atoms with van der Waals surface area (Å²) in [5.74, 6) is 0.862. The van der Waals surface area contributed by atoms with E-state index in [2.05, 4.69) is 38.8 Å². The van der Waals surface area contributed by atoms with E-state index >= 15 is 0 Å². The van der Waals surface area contributed by atoms with Gasteiger partial charge in [-0.3, -0.25) is 4.98 Å². The van der Waals surface area contributed by atoms with E-state index in [0.717, 1.165) is 59.5 Å². The predicted molar refractivity (Wildman–Crippen MR) is 104 cm³/mol. The minimum atomic E-state index is 0.404. The average molecular weight is 360 g/mol. The zero-order valence-electron chi connectivity index (χ0n) is 14.9. The number of ether oxygens (including phenoxy) is 1. The van der Waals surface area contributed by atoms with Gasteiger partial charge in [0.2, 0.25) is 0 Å². The Hall–Kier alpha value is -3.06. The highest BCUT2D eigenvalue weighted by Gasteiger charge is 2.15. The zero-order valence-corrected chi connectivity index (χ0v) is 14.9. The molecule has 1 aliphatic rings. The van der Waals surface area contributed by atoms with Crippen molar-refractivity contribution in [1.29, 1.82) is 0 Å². The first kappa shape index (κ1) is 16.1. The van der Waals surface area contributed by atoms with Gasteiger partial charge < -0.3 is 10.1 Å². The maximum absolute atomic E-state index is 5.42. The number of anilines is 1. The van der Waals surface area contributed by atoms with Crippen LogP contribution in [0, 0.1) is 0 Å². The summed E-state index contributed by atoms with van der Waals surface area (Å²) < 4.78 is 7.27. The molecular formula is C20H20N6O. The zero-order chi connectivity index (χ0) is 18.1. The van der Waals surface area contributed by atoms with Crippen LogP contribution in [0.15, 0.2) is 48.7 Å². The maximum Gasteiger partial charge on any atom is 0.180 e. The molecule has 0 radical (unpaired) electrons. The Labute approximate surface area is 156 Å². The van der Waals surface area contributed by atoms with Crippen molar-refractivity contribution in [3.63, 3.8) is 0 Å². The number of pyridine rings is 2. The molecule has 7 heteroatoms. The third-order valence-corrected chi connectivity index (χ3v) is 4.93. The van der Waals surface area contributed by atoms with Crippen LogP contribution in [0.5, 0.6) is 0 Å². The third-order valence-electron chi connectivity index (χ3n) is 4.93. The van der Waals surface area contributed by atoms with Crippen LogP contribution in [0.1, 0.15) is 18.4 Å². The molecule has 4 aromatic rings. The van der Waals surface area contributed by atoms with Crippen LogP contribution in [0.25, 0.3) is 22.1 Å². The normalized spacial score (nSPS) is 15.4. The van der Waals surface area contributed by atoms with Crippen LogP contribution in [-0.4, -0.2) is 44.2 Å². The summed E-state index contributed by atoms with van der Waals surface area (Å²) in [5.41, 5.74) is 3.73. The molecule has 0 amide bonds. The number of nitrogens with one attached hydrogen (secondary N) is 1. The van der Waals surface area contributed by atoms with Gasteiger partial charge in [-0.15, -0.1) is 5.10 Å². The van der Waals surface area contributed by atoms with Crippen LogP contribution < -0.4 is 5.32 Å². The van der Waals surface area contributed by atoms with Crippen molar-refractivity contribution >= 4 is 27.9 Å². The molecule has 1 aliphatic heterocycles. The number of hydrogen-bond acceptors (Lipinski definition) is 6. The molecule has 3 aromatic heterocycles. The fourth-order valence-electron chi connectivity index (χ4n) is 3.49. The highest BCUT2D eigenvalue weighted by atomic mass is 16.5. The lowest BCUT2D eigenvalue weighted by molar-refractivity contribution is 0.0904. The van der Waals surface area contributed by atoms with E-state index in [4.69, 9.17) is 9.72 Å². The third kappa shape index (κ3) is 3.33. The number of rotatable bonds is 4. The Morgan fingerprint density at radius 1 is 1.07 bits per heavy atom. The van der Waals surface area contributed by atoms with Gasteiger partial charge in [0.25, 0.3) is 0 Å². The summed E-state index contributed by atoms with van der Waals surface area (Å²) in [6, 6.07) is 14.6. The van der Waals surface area contributed by atoms with Gasteiger partial charge in [0.05, 0.1) is 12.1 Å². The Bertz CT molecular complexity index is 1090. The molecule has 0 saturated carbocycles. The summed E-state index contributed by atoms with van der Waals surface area (Å²) in [4.78, 5) is 9.13. The molecule has 7 nitrogen and oxygen atoms in total. The lowest BCUT2D eigenvalue weighted by Gasteiger charge is -2.23. The largest absolute Gasteiger partial charge is 0.381 e. The topological polar surface area (TPSA) is 77.8 Å². The molecule has 4 heterocycles. The molecular weight excluding hydrogens is 340 g/mol. The van der Waals surface area contributed by atoms with Gasteiger partial charge in [0, 0.05) is 30.8 Å². The maximum atomic E-state index is 5.42. The van der Waals surface area contributed by atoms with E-state index in [1.807, 2.05) is 35.1 Å². The van der Waals surface area contributed by atoms with Crippen LogP contribution in [0.2, 0.25) is 0 Å². The van der Waals surface area contributed by atoms with Crippen LogP contribution in [0.3, 0.4) is 0 Å². The summed E-state index contributed by atoms with van der Waals surface area (Å²) in [6.07, 6.45) is 3.81. The fourth-order valence-corrected chi connectivity index (χ4v) is 3.49. The summed E-state index contributed by atoms with van der Waals surface area (Å²) in [5, 5.41) is 13.2. The van der Waals surface area contributed by atoms with E-state index in [0.29, 0.717) is 12.6 Å². The molecule has 0 spiro atoms. The van der Waals surface area contributed by atoms with Crippen LogP contribution in [0.4, 0.5) is 5.82 Å². The van der Waals surface area contributed by atoms with E-state index in [-0.39, 0.29) is 0 Å². The molecule has 1 N–H and O–H groups in total. The SMILES string of the molecule is c1cnc2ccc(Cn3nnc4ccc(NC5CCOCC5)nc43)cc2c1.